The fraction of sp³-hybridized carbons (Fsp3) is 0.281. The highest BCUT2D eigenvalue weighted by Gasteiger charge is 2.27. The molecule has 2 saturated carbocycles. The molecule has 0 spiro atoms. The summed E-state index contributed by atoms with van der Waals surface area (Å²) in [6.45, 7) is -0.256. The van der Waals surface area contributed by atoms with Gasteiger partial charge in [0.1, 0.15) is 23.6 Å². The molecule has 10 rings (SSSR count). The molecule has 4 heterocycles. The van der Waals surface area contributed by atoms with Gasteiger partial charge < -0.3 is 29.3 Å². The van der Waals surface area contributed by atoms with E-state index in [2.05, 4.69) is 61.3 Å². The molecule has 0 saturated heterocycles. The Kier molecular flexibility index (Phi) is 14.1. The van der Waals surface area contributed by atoms with Crippen LogP contribution in [0.25, 0.3) is 67.7 Å². The summed E-state index contributed by atoms with van der Waals surface area (Å²) in [5, 5.41) is 10.6. The van der Waals surface area contributed by atoms with Gasteiger partial charge in [-0.25, -0.2) is 19.3 Å². The van der Waals surface area contributed by atoms with Gasteiger partial charge in [0.05, 0.1) is 35.0 Å². The number of aromatic amines is 2. The molecule has 4 aromatic carbocycles. The average molecular weight is 923 g/mol. The van der Waals surface area contributed by atoms with Crippen LogP contribution >= 0.6 is 0 Å². The van der Waals surface area contributed by atoms with E-state index in [9.17, 15) is 9.90 Å². The van der Waals surface area contributed by atoms with E-state index in [0.29, 0.717) is 41.6 Å². The summed E-state index contributed by atoms with van der Waals surface area (Å²) in [4.78, 5) is 37.6. The van der Waals surface area contributed by atoms with Crippen molar-refractivity contribution in [2.75, 3.05) is 6.79 Å². The van der Waals surface area contributed by atoms with E-state index in [1.165, 1.54) is 11.6 Å². The average Bonchev–Trinajstić information content (AvgIpc) is 4.10. The van der Waals surface area contributed by atoms with Crippen molar-refractivity contribution in [3.63, 3.8) is 0 Å². The number of nitrogens with one attached hydrogen (secondary N) is 2. The Balaban J connectivity index is 0.600. The number of benzene rings is 4. The first kappa shape index (κ1) is 45.5. The number of carbonyl (C=O) groups excluding carboxylic acids is 1. The number of aliphatic hydroxyl groups excluding tert-OH is 1. The van der Waals surface area contributed by atoms with Crippen molar-refractivity contribution in [1.29, 1.82) is 0 Å². The lowest BCUT2D eigenvalue weighted by Crippen LogP contribution is -2.27. The summed E-state index contributed by atoms with van der Waals surface area (Å²) in [5.41, 5.74) is 9.99. The molecular formula is C57H55FN6O5. The minimum Gasteiger partial charge on any atom is -0.474 e. The number of aliphatic hydroxyl groups is 1. The molecule has 8 aromatic rings. The molecule has 0 bridgehead atoms. The summed E-state index contributed by atoms with van der Waals surface area (Å²) >= 11 is 0. The van der Waals surface area contributed by atoms with Crippen molar-refractivity contribution in [2.24, 2.45) is 11.8 Å². The van der Waals surface area contributed by atoms with Gasteiger partial charge in [0.25, 0.3) is 0 Å². The molecule has 1 unspecified atom stereocenters. The van der Waals surface area contributed by atoms with Crippen molar-refractivity contribution >= 4 is 5.97 Å². The number of nitrogens with zero attached hydrogens (tertiary/aromatic N) is 4. The number of aromatic nitrogens is 6. The molecule has 2 aliphatic rings. The van der Waals surface area contributed by atoms with Crippen molar-refractivity contribution in [3.05, 3.63) is 164 Å². The molecule has 69 heavy (non-hydrogen) atoms. The molecule has 0 amide bonds. The SMILES string of the molecule is O=C(CC1CCC(c2ccc(-c3ccc(-c4ncc(-c5ccccc5)[nH]4)cn3)cc2)CC1)OCOC(O)CC1CCC(Oc2ccc(-c3ccc(-c4ncc(-c5ccccc5)[nH]4)c(F)c3)cn2)CC1. The monoisotopic (exact) mass is 922 g/mol. The number of hydrogen-bond donors (Lipinski definition) is 3. The van der Waals surface area contributed by atoms with Crippen LogP contribution in [0.2, 0.25) is 0 Å². The maximum absolute atomic E-state index is 15.3. The zero-order chi connectivity index (χ0) is 46.9. The zero-order valence-corrected chi connectivity index (χ0v) is 38.3. The molecule has 12 heteroatoms. The van der Waals surface area contributed by atoms with E-state index < -0.39 is 6.29 Å². The Bertz CT molecular complexity index is 2910. The van der Waals surface area contributed by atoms with Crippen molar-refractivity contribution in [2.45, 2.75) is 82.5 Å². The summed E-state index contributed by atoms with van der Waals surface area (Å²) < 4.78 is 32.4. The Morgan fingerprint density at radius 2 is 1.23 bits per heavy atom. The topological polar surface area (TPSA) is 148 Å². The van der Waals surface area contributed by atoms with E-state index in [4.69, 9.17) is 19.2 Å². The number of ether oxygens (including phenoxy) is 3. The third-order valence-corrected chi connectivity index (χ3v) is 13.7. The second-order valence-corrected chi connectivity index (χ2v) is 18.3. The maximum atomic E-state index is 15.3. The molecular weight excluding hydrogens is 868 g/mol. The van der Waals surface area contributed by atoms with Crippen LogP contribution in [-0.4, -0.2) is 60.2 Å². The highest BCUT2D eigenvalue weighted by molar-refractivity contribution is 5.71. The maximum Gasteiger partial charge on any atom is 0.308 e. The second-order valence-electron chi connectivity index (χ2n) is 18.3. The minimum atomic E-state index is -1.01. The largest absolute Gasteiger partial charge is 0.474 e. The number of pyridine rings is 2. The number of carbonyl (C=O) groups is 1. The van der Waals surface area contributed by atoms with Crippen LogP contribution < -0.4 is 4.74 Å². The van der Waals surface area contributed by atoms with Crippen LogP contribution in [0.3, 0.4) is 0 Å². The molecule has 4 aromatic heterocycles. The summed E-state index contributed by atoms with van der Waals surface area (Å²) in [6, 6.07) is 41.5. The van der Waals surface area contributed by atoms with Crippen LogP contribution in [0.4, 0.5) is 4.39 Å². The van der Waals surface area contributed by atoms with Crippen LogP contribution in [0, 0.1) is 17.7 Å². The molecule has 350 valence electrons. The lowest BCUT2D eigenvalue weighted by atomic mass is 9.77. The Morgan fingerprint density at radius 3 is 1.88 bits per heavy atom. The van der Waals surface area contributed by atoms with Gasteiger partial charge in [0, 0.05) is 48.0 Å². The highest BCUT2D eigenvalue weighted by Crippen LogP contribution is 2.38. The molecule has 0 radical (unpaired) electrons. The molecule has 11 nitrogen and oxygen atoms in total. The van der Waals surface area contributed by atoms with Crippen LogP contribution in [-0.2, 0) is 14.3 Å². The third-order valence-electron chi connectivity index (χ3n) is 13.7. The van der Waals surface area contributed by atoms with Gasteiger partial charge >= 0.3 is 5.97 Å². The first-order chi connectivity index (χ1) is 33.9. The van der Waals surface area contributed by atoms with Gasteiger partial charge in [0.2, 0.25) is 5.88 Å². The number of rotatable bonds is 16. The zero-order valence-electron chi connectivity index (χ0n) is 38.3. The fourth-order valence-corrected chi connectivity index (χ4v) is 9.78. The number of H-pyrrole nitrogens is 2. The van der Waals surface area contributed by atoms with E-state index in [1.807, 2.05) is 91.3 Å². The Hall–Kier alpha value is -7.28. The second kappa shape index (κ2) is 21.3. The Labute approximate surface area is 401 Å². The quantitative estimate of drug-likeness (QED) is 0.0636. The van der Waals surface area contributed by atoms with Gasteiger partial charge in [-0.1, -0.05) is 91.0 Å². The first-order valence-corrected chi connectivity index (χ1v) is 24.0. The fourth-order valence-electron chi connectivity index (χ4n) is 9.78. The van der Waals surface area contributed by atoms with Gasteiger partial charge in [-0.05, 0) is 122 Å². The summed E-state index contributed by atoms with van der Waals surface area (Å²) in [6.07, 6.45) is 14.3. The molecule has 0 aliphatic heterocycles. The number of halogens is 1. The number of esters is 1. The lowest BCUT2D eigenvalue weighted by Gasteiger charge is -2.29. The Morgan fingerprint density at radius 1 is 0.609 bits per heavy atom. The van der Waals surface area contributed by atoms with Gasteiger partial charge in [-0.3, -0.25) is 9.78 Å². The van der Waals surface area contributed by atoms with Crippen molar-refractivity contribution < 1.29 is 28.5 Å². The van der Waals surface area contributed by atoms with Crippen LogP contribution in [0.15, 0.2) is 152 Å². The first-order valence-electron chi connectivity index (χ1n) is 24.0. The van der Waals surface area contributed by atoms with Crippen LogP contribution in [0.1, 0.15) is 75.7 Å². The van der Waals surface area contributed by atoms with Crippen molar-refractivity contribution in [3.8, 4) is 73.6 Å². The lowest BCUT2D eigenvalue weighted by molar-refractivity contribution is -0.189. The predicted octanol–water partition coefficient (Wildman–Crippen LogP) is 12.6. The van der Waals surface area contributed by atoms with Crippen molar-refractivity contribution in [1.82, 2.24) is 29.9 Å². The van der Waals surface area contributed by atoms with E-state index in [1.54, 1.807) is 18.5 Å². The van der Waals surface area contributed by atoms with Crippen LogP contribution in [0.5, 0.6) is 5.88 Å². The normalized spacial score (nSPS) is 18.6. The highest BCUT2D eigenvalue weighted by atomic mass is 19.1. The smallest absolute Gasteiger partial charge is 0.308 e. The van der Waals surface area contributed by atoms with E-state index in [-0.39, 0.29) is 36.5 Å². The number of imidazole rings is 2. The molecule has 2 aliphatic carbocycles. The number of hydrogen-bond acceptors (Lipinski definition) is 9. The molecule has 2 fully saturated rings. The van der Waals surface area contributed by atoms with E-state index in [0.717, 1.165) is 102 Å². The third kappa shape index (κ3) is 11.4. The summed E-state index contributed by atoms with van der Waals surface area (Å²) in [7, 11) is 0. The van der Waals surface area contributed by atoms with Gasteiger partial charge in [-0.2, -0.15) is 0 Å². The standard InChI is InChI=1S/C57H55FN6O5/c58-49-31-44(21-26-48(49)57-62-35-52(64-57)42-9-5-2-6-10-42)45-23-28-53(60-32-45)69-47-24-13-38(14-25-47)30-55(66)68-36-67-54(65)29-37-11-15-39(16-12-37)40-17-19-43(20-18-40)50-27-22-46(33-59-50)56-61-34-51(63-56)41-7-3-1-4-8-41/h1-10,17-23,26-28,31-35,37-39,47,55,66H,11-16,24-25,29-30,36H2,(H,61,63)(H,62,64). The summed E-state index contributed by atoms with van der Waals surface area (Å²) in [5.74, 6) is 2.12. The van der Waals surface area contributed by atoms with Gasteiger partial charge in [0.15, 0.2) is 13.1 Å². The minimum absolute atomic E-state index is 0.0101. The predicted molar refractivity (Wildman–Crippen MR) is 264 cm³/mol. The van der Waals surface area contributed by atoms with Gasteiger partial charge in [-0.15, -0.1) is 0 Å². The van der Waals surface area contributed by atoms with E-state index >= 15 is 4.39 Å². The molecule has 1 atom stereocenters. The molecule has 3 N–H and O–H groups in total.